The lowest BCUT2D eigenvalue weighted by Crippen LogP contribution is -2.63. The molecule has 3 heterocycles. The summed E-state index contributed by atoms with van der Waals surface area (Å²) in [6.07, 6.45) is 4.68. The quantitative estimate of drug-likeness (QED) is 0.779. The van der Waals surface area contributed by atoms with Gasteiger partial charge < -0.3 is 14.7 Å². The molecule has 1 aliphatic heterocycles. The van der Waals surface area contributed by atoms with Crippen molar-refractivity contribution < 1.29 is 9.59 Å². The van der Waals surface area contributed by atoms with Gasteiger partial charge in [-0.25, -0.2) is 14.8 Å². The minimum Gasteiger partial charge on any atom is -0.331 e. The van der Waals surface area contributed by atoms with Gasteiger partial charge in [0, 0.05) is 52.3 Å². The molecule has 0 unspecified atom stereocenters. The number of hydrogen-bond donors (Lipinski definition) is 0. The molecule has 0 aliphatic carbocycles. The average Bonchev–Trinajstić information content (AvgIpc) is 2.59. The average molecular weight is 342 g/mol. The zero-order valence-electron chi connectivity index (χ0n) is 14.9. The molecule has 1 aliphatic rings. The fourth-order valence-corrected chi connectivity index (χ4v) is 3.17. The first kappa shape index (κ1) is 17.1. The molecular weight excluding hydrogens is 320 g/mol. The number of fused-ring (bicyclic) bond motifs is 1. The van der Waals surface area contributed by atoms with Crippen molar-refractivity contribution >= 4 is 23.1 Å². The Morgan fingerprint density at radius 3 is 2.44 bits per heavy atom. The highest BCUT2D eigenvalue weighted by molar-refractivity contribution is 6.04. The summed E-state index contributed by atoms with van der Waals surface area (Å²) in [4.78, 5) is 43.1. The van der Waals surface area contributed by atoms with Crippen molar-refractivity contribution in [3.8, 4) is 0 Å². The molecule has 25 heavy (non-hydrogen) atoms. The molecule has 0 aromatic carbocycles. The van der Waals surface area contributed by atoms with E-state index in [0.717, 1.165) is 0 Å². The molecular formula is C17H22N6O2. The molecule has 132 valence electrons. The van der Waals surface area contributed by atoms with E-state index in [2.05, 4.69) is 15.0 Å². The smallest absolute Gasteiger partial charge is 0.319 e. The van der Waals surface area contributed by atoms with Crippen LogP contribution in [0, 0.1) is 0 Å². The molecule has 8 nitrogen and oxygen atoms in total. The first-order valence-corrected chi connectivity index (χ1v) is 8.15. The van der Waals surface area contributed by atoms with E-state index >= 15 is 0 Å². The zero-order chi connectivity index (χ0) is 18.2. The molecule has 2 aromatic rings. The third-order valence-corrected chi connectivity index (χ3v) is 4.40. The van der Waals surface area contributed by atoms with Crippen LogP contribution in [0.3, 0.4) is 0 Å². The van der Waals surface area contributed by atoms with Crippen molar-refractivity contribution in [1.82, 2.24) is 29.7 Å². The number of carbonyl (C=O) groups is 2. The molecule has 0 saturated carbocycles. The molecule has 1 saturated heterocycles. The van der Waals surface area contributed by atoms with E-state index in [1.54, 1.807) is 53.5 Å². The van der Waals surface area contributed by atoms with Gasteiger partial charge in [-0.1, -0.05) is 0 Å². The fraction of sp³-hybridized carbons (Fsp3) is 0.471. The topological polar surface area (TPSA) is 82.5 Å². The number of hydrogen-bond acceptors (Lipinski definition) is 5. The van der Waals surface area contributed by atoms with Gasteiger partial charge in [0.2, 0.25) is 0 Å². The number of nitrogens with zero attached hydrogens (tertiary/aromatic N) is 6. The van der Waals surface area contributed by atoms with Crippen LogP contribution >= 0.6 is 0 Å². The maximum Gasteiger partial charge on any atom is 0.319 e. The molecule has 2 aromatic heterocycles. The molecule has 0 spiro atoms. The molecule has 3 amide bonds. The minimum atomic E-state index is -0.487. The summed E-state index contributed by atoms with van der Waals surface area (Å²) in [7, 11) is 3.46. The zero-order valence-corrected chi connectivity index (χ0v) is 14.9. The normalized spacial score (nSPS) is 16.8. The van der Waals surface area contributed by atoms with Crippen LogP contribution in [-0.2, 0) is 0 Å². The second-order valence-electron chi connectivity index (χ2n) is 6.95. The van der Waals surface area contributed by atoms with E-state index < -0.39 is 5.54 Å². The van der Waals surface area contributed by atoms with Gasteiger partial charge in [0.05, 0.1) is 11.1 Å². The number of amides is 3. The first-order chi connectivity index (χ1) is 11.8. The van der Waals surface area contributed by atoms with Crippen LogP contribution < -0.4 is 0 Å². The fourth-order valence-electron chi connectivity index (χ4n) is 3.17. The van der Waals surface area contributed by atoms with Crippen LogP contribution in [0.1, 0.15) is 24.2 Å². The summed E-state index contributed by atoms with van der Waals surface area (Å²) >= 11 is 0. The molecule has 0 bridgehead atoms. The molecule has 8 heteroatoms. The summed E-state index contributed by atoms with van der Waals surface area (Å²) < 4.78 is 0. The van der Waals surface area contributed by atoms with Gasteiger partial charge >= 0.3 is 6.03 Å². The van der Waals surface area contributed by atoms with Gasteiger partial charge in [-0.2, -0.15) is 0 Å². The summed E-state index contributed by atoms with van der Waals surface area (Å²) in [5.41, 5.74) is 0.947. The standard InChI is InChI=1S/C17H22N6O2/c1-17(2)11-22(16(25)21(3)4)9-10-23(17)15(24)12-5-6-19-14-13(12)18-7-8-20-14/h5-8H,9-11H2,1-4H3. The molecule has 0 atom stereocenters. The van der Waals surface area contributed by atoms with E-state index in [-0.39, 0.29) is 11.9 Å². The summed E-state index contributed by atoms with van der Waals surface area (Å²) in [6, 6.07) is 1.63. The van der Waals surface area contributed by atoms with Gasteiger partial charge in [0.25, 0.3) is 5.91 Å². The Labute approximate surface area is 146 Å². The van der Waals surface area contributed by atoms with E-state index in [0.29, 0.717) is 36.4 Å². The van der Waals surface area contributed by atoms with Crippen molar-refractivity contribution in [2.24, 2.45) is 0 Å². The Bertz CT molecular complexity index is 814. The SMILES string of the molecule is CN(C)C(=O)N1CCN(C(=O)c2ccnc3nccnc23)C(C)(C)C1. The van der Waals surface area contributed by atoms with Crippen molar-refractivity contribution in [3.63, 3.8) is 0 Å². The number of carbonyl (C=O) groups excluding carboxylic acids is 2. The van der Waals surface area contributed by atoms with E-state index in [9.17, 15) is 9.59 Å². The maximum atomic E-state index is 13.2. The molecule has 1 fully saturated rings. The molecule has 3 rings (SSSR count). The summed E-state index contributed by atoms with van der Waals surface area (Å²) in [6.45, 7) is 5.38. The van der Waals surface area contributed by atoms with Crippen LogP contribution in [-0.4, -0.2) is 80.9 Å². The van der Waals surface area contributed by atoms with Crippen LogP contribution in [0.5, 0.6) is 0 Å². The lowest BCUT2D eigenvalue weighted by Gasteiger charge is -2.47. The second-order valence-corrected chi connectivity index (χ2v) is 6.95. The highest BCUT2D eigenvalue weighted by Gasteiger charge is 2.39. The van der Waals surface area contributed by atoms with E-state index in [1.165, 1.54) is 0 Å². The van der Waals surface area contributed by atoms with Gasteiger partial charge in [0.1, 0.15) is 5.52 Å². The van der Waals surface area contributed by atoms with Crippen molar-refractivity contribution in [1.29, 1.82) is 0 Å². The maximum absolute atomic E-state index is 13.2. The third-order valence-electron chi connectivity index (χ3n) is 4.40. The molecule has 0 radical (unpaired) electrons. The summed E-state index contributed by atoms with van der Waals surface area (Å²) in [5, 5.41) is 0. The van der Waals surface area contributed by atoms with Crippen LogP contribution in [0.2, 0.25) is 0 Å². The summed E-state index contributed by atoms with van der Waals surface area (Å²) in [5.74, 6) is -0.116. The Morgan fingerprint density at radius 2 is 1.76 bits per heavy atom. The van der Waals surface area contributed by atoms with E-state index in [1.807, 2.05) is 13.8 Å². The van der Waals surface area contributed by atoms with Gasteiger partial charge in [-0.3, -0.25) is 9.78 Å². The highest BCUT2D eigenvalue weighted by Crippen LogP contribution is 2.25. The van der Waals surface area contributed by atoms with E-state index in [4.69, 9.17) is 0 Å². The van der Waals surface area contributed by atoms with Crippen molar-refractivity contribution in [2.75, 3.05) is 33.7 Å². The van der Waals surface area contributed by atoms with Crippen LogP contribution in [0.25, 0.3) is 11.2 Å². The molecule has 0 N–H and O–H groups in total. The van der Waals surface area contributed by atoms with Gasteiger partial charge in [-0.05, 0) is 19.9 Å². The van der Waals surface area contributed by atoms with Gasteiger partial charge in [-0.15, -0.1) is 0 Å². The Balaban J connectivity index is 1.89. The number of urea groups is 1. The Morgan fingerprint density at radius 1 is 1.08 bits per heavy atom. The highest BCUT2D eigenvalue weighted by atomic mass is 16.2. The predicted molar refractivity (Wildman–Crippen MR) is 93.1 cm³/mol. The first-order valence-electron chi connectivity index (χ1n) is 8.15. The predicted octanol–water partition coefficient (Wildman–Crippen LogP) is 1.24. The Hall–Kier alpha value is -2.77. The van der Waals surface area contributed by atoms with Gasteiger partial charge in [0.15, 0.2) is 5.65 Å². The minimum absolute atomic E-state index is 0.0413. The number of piperazine rings is 1. The van der Waals surface area contributed by atoms with Crippen LogP contribution in [0.15, 0.2) is 24.7 Å². The lowest BCUT2D eigenvalue weighted by molar-refractivity contribution is 0.0242. The largest absolute Gasteiger partial charge is 0.331 e. The number of pyridine rings is 1. The number of aromatic nitrogens is 3. The number of rotatable bonds is 1. The monoisotopic (exact) mass is 342 g/mol. The Kier molecular flexibility index (Phi) is 4.28. The van der Waals surface area contributed by atoms with Crippen LogP contribution in [0.4, 0.5) is 4.79 Å². The second kappa shape index (κ2) is 6.27. The van der Waals surface area contributed by atoms with Crippen molar-refractivity contribution in [3.05, 3.63) is 30.2 Å². The third kappa shape index (κ3) is 3.11. The van der Waals surface area contributed by atoms with Crippen molar-refractivity contribution in [2.45, 2.75) is 19.4 Å². The lowest BCUT2D eigenvalue weighted by atomic mass is 9.97.